The van der Waals surface area contributed by atoms with Crippen LogP contribution in [0.15, 0.2) is 24.5 Å². The molecule has 0 aliphatic carbocycles. The van der Waals surface area contributed by atoms with E-state index in [4.69, 9.17) is 4.74 Å². The molecule has 2 aromatic rings. The first kappa shape index (κ1) is 17.0. The summed E-state index contributed by atoms with van der Waals surface area (Å²) in [5.74, 6) is 0.745. The summed E-state index contributed by atoms with van der Waals surface area (Å²) < 4.78 is 5.86. The number of aryl methyl sites for hydroxylation is 1. The molecule has 1 N–H and O–H groups in total. The maximum Gasteiger partial charge on any atom is 0.225 e. The molecule has 0 aromatic carbocycles. The highest BCUT2D eigenvalue weighted by molar-refractivity contribution is 7.12. The van der Waals surface area contributed by atoms with Crippen molar-refractivity contribution >= 4 is 17.2 Å². The Morgan fingerprint density at radius 3 is 2.75 bits per heavy atom. The maximum absolute atomic E-state index is 12.0. The lowest BCUT2D eigenvalue weighted by Gasteiger charge is -2.32. The molecule has 1 saturated heterocycles. The third kappa shape index (κ3) is 4.19. The van der Waals surface area contributed by atoms with E-state index >= 15 is 0 Å². The molecule has 2 aromatic heterocycles. The van der Waals surface area contributed by atoms with E-state index in [1.165, 1.54) is 4.88 Å². The van der Waals surface area contributed by atoms with Crippen molar-refractivity contribution in [3.8, 4) is 0 Å². The number of hydrogen-bond acceptors (Lipinski definition) is 5. The van der Waals surface area contributed by atoms with Gasteiger partial charge in [0.1, 0.15) is 5.60 Å². The molecule has 3 rings (SSSR count). The lowest BCUT2D eigenvalue weighted by Crippen LogP contribution is -2.32. The van der Waals surface area contributed by atoms with Crippen molar-refractivity contribution in [1.82, 2.24) is 15.3 Å². The van der Waals surface area contributed by atoms with E-state index in [2.05, 4.69) is 15.3 Å². The van der Waals surface area contributed by atoms with Crippen LogP contribution in [-0.2, 0) is 28.1 Å². The average molecular weight is 345 g/mol. The van der Waals surface area contributed by atoms with Crippen LogP contribution >= 0.6 is 11.3 Å². The van der Waals surface area contributed by atoms with Crippen molar-refractivity contribution in [2.75, 3.05) is 6.61 Å². The zero-order valence-electron chi connectivity index (χ0n) is 14.2. The fourth-order valence-corrected chi connectivity index (χ4v) is 3.72. The Morgan fingerprint density at radius 2 is 2.12 bits per heavy atom. The van der Waals surface area contributed by atoms with Gasteiger partial charge in [-0.25, -0.2) is 9.97 Å². The van der Waals surface area contributed by atoms with Gasteiger partial charge >= 0.3 is 0 Å². The van der Waals surface area contributed by atoms with Crippen LogP contribution in [0.1, 0.15) is 47.3 Å². The van der Waals surface area contributed by atoms with Gasteiger partial charge in [-0.3, -0.25) is 4.79 Å². The molecule has 24 heavy (non-hydrogen) atoms. The molecule has 0 bridgehead atoms. The summed E-state index contributed by atoms with van der Waals surface area (Å²) in [6.07, 6.45) is 7.16. The average Bonchev–Trinajstić information content (AvgIpc) is 2.99. The number of carbonyl (C=O) groups is 1. The number of hydrogen-bond donors (Lipinski definition) is 1. The van der Waals surface area contributed by atoms with Crippen molar-refractivity contribution in [2.45, 2.75) is 51.7 Å². The summed E-state index contributed by atoms with van der Waals surface area (Å²) in [4.78, 5) is 23.2. The van der Waals surface area contributed by atoms with E-state index in [1.807, 2.05) is 26.0 Å². The zero-order chi connectivity index (χ0) is 17.0. The molecule has 1 aliphatic rings. The van der Waals surface area contributed by atoms with Crippen LogP contribution < -0.4 is 5.32 Å². The van der Waals surface area contributed by atoms with Crippen LogP contribution in [0, 0.1) is 6.92 Å². The van der Waals surface area contributed by atoms with Crippen LogP contribution in [0.3, 0.4) is 0 Å². The number of thiophene rings is 1. The Labute approximate surface area is 146 Å². The molecule has 128 valence electrons. The molecule has 1 amide bonds. The van der Waals surface area contributed by atoms with Gasteiger partial charge in [-0.15, -0.1) is 11.3 Å². The quantitative estimate of drug-likeness (QED) is 0.904. The van der Waals surface area contributed by atoms with Gasteiger partial charge in [0.25, 0.3) is 0 Å². The molecule has 3 heterocycles. The molecule has 6 heteroatoms. The lowest BCUT2D eigenvalue weighted by atomic mass is 9.95. The fourth-order valence-electron chi connectivity index (χ4n) is 2.83. The van der Waals surface area contributed by atoms with Gasteiger partial charge < -0.3 is 10.1 Å². The Bertz CT molecular complexity index is 691. The smallest absolute Gasteiger partial charge is 0.225 e. The topological polar surface area (TPSA) is 64.1 Å². The monoisotopic (exact) mass is 345 g/mol. The highest BCUT2D eigenvalue weighted by Crippen LogP contribution is 2.32. The zero-order valence-corrected chi connectivity index (χ0v) is 15.0. The van der Waals surface area contributed by atoms with E-state index in [0.717, 1.165) is 42.1 Å². The van der Waals surface area contributed by atoms with Crippen molar-refractivity contribution < 1.29 is 9.53 Å². The van der Waals surface area contributed by atoms with Crippen molar-refractivity contribution in [3.05, 3.63) is 45.7 Å². The Kier molecular flexibility index (Phi) is 5.26. The second-order valence-corrected chi connectivity index (χ2v) is 7.79. The first-order valence-corrected chi connectivity index (χ1v) is 9.14. The number of nitrogens with zero attached hydrogens (tertiary/aromatic N) is 2. The standard InChI is InChI=1S/C18H23N3O2S/c1-13-5-6-15(24-13)9-16(22)19-10-14-11-20-17(21-12-14)18(2)7-3-4-8-23-18/h5-6,11-12H,3-4,7-10H2,1-2H3,(H,19,22)/t18-/m0/s1. The molecule has 1 atom stereocenters. The molecule has 0 saturated carbocycles. The predicted octanol–water partition coefficient (Wildman–Crippen LogP) is 3.12. The van der Waals surface area contributed by atoms with E-state index in [9.17, 15) is 4.79 Å². The summed E-state index contributed by atoms with van der Waals surface area (Å²) in [6.45, 7) is 5.30. The van der Waals surface area contributed by atoms with Crippen LogP contribution in [0.25, 0.3) is 0 Å². The van der Waals surface area contributed by atoms with Crippen LogP contribution in [0.5, 0.6) is 0 Å². The number of ether oxygens (including phenoxy) is 1. The van der Waals surface area contributed by atoms with Crippen LogP contribution in [-0.4, -0.2) is 22.5 Å². The van der Waals surface area contributed by atoms with Crippen molar-refractivity contribution in [1.29, 1.82) is 0 Å². The molecule has 5 nitrogen and oxygen atoms in total. The highest BCUT2D eigenvalue weighted by Gasteiger charge is 2.32. The number of amides is 1. The van der Waals surface area contributed by atoms with Crippen molar-refractivity contribution in [3.63, 3.8) is 0 Å². The number of nitrogens with one attached hydrogen (secondary N) is 1. The van der Waals surface area contributed by atoms with Crippen LogP contribution in [0.2, 0.25) is 0 Å². The molecule has 0 radical (unpaired) electrons. The van der Waals surface area contributed by atoms with Gasteiger partial charge in [0.2, 0.25) is 5.91 Å². The number of carbonyl (C=O) groups excluding carboxylic acids is 1. The van der Waals surface area contributed by atoms with Gasteiger partial charge in [-0.1, -0.05) is 0 Å². The minimum absolute atomic E-state index is 0.0171. The molecule has 0 spiro atoms. The molecule has 0 unspecified atom stereocenters. The predicted molar refractivity (Wildman–Crippen MR) is 93.8 cm³/mol. The molecular weight excluding hydrogens is 322 g/mol. The van der Waals surface area contributed by atoms with E-state index < -0.39 is 0 Å². The van der Waals surface area contributed by atoms with E-state index in [1.54, 1.807) is 23.7 Å². The summed E-state index contributed by atoms with van der Waals surface area (Å²) in [5, 5.41) is 2.92. The van der Waals surface area contributed by atoms with E-state index in [0.29, 0.717) is 13.0 Å². The maximum atomic E-state index is 12.0. The number of rotatable bonds is 5. The molecule has 1 fully saturated rings. The summed E-state index contributed by atoms with van der Waals surface area (Å²) >= 11 is 1.66. The second-order valence-electron chi connectivity index (χ2n) is 6.42. The van der Waals surface area contributed by atoms with Gasteiger partial charge in [0, 0.05) is 40.9 Å². The summed E-state index contributed by atoms with van der Waals surface area (Å²) in [6, 6.07) is 4.04. The van der Waals surface area contributed by atoms with Gasteiger partial charge in [-0.2, -0.15) is 0 Å². The largest absolute Gasteiger partial charge is 0.367 e. The Morgan fingerprint density at radius 1 is 1.33 bits per heavy atom. The van der Waals surface area contributed by atoms with Crippen molar-refractivity contribution in [2.24, 2.45) is 0 Å². The lowest BCUT2D eigenvalue weighted by molar-refractivity contribution is -0.120. The van der Waals surface area contributed by atoms with Gasteiger partial charge in [0.15, 0.2) is 5.82 Å². The van der Waals surface area contributed by atoms with Gasteiger partial charge in [0.05, 0.1) is 6.42 Å². The minimum atomic E-state index is -0.378. The number of aromatic nitrogens is 2. The summed E-state index contributed by atoms with van der Waals surface area (Å²) in [7, 11) is 0. The Balaban J connectivity index is 1.53. The molecular formula is C18H23N3O2S. The highest BCUT2D eigenvalue weighted by atomic mass is 32.1. The van der Waals surface area contributed by atoms with E-state index in [-0.39, 0.29) is 11.5 Å². The first-order chi connectivity index (χ1) is 11.5. The van der Waals surface area contributed by atoms with Crippen LogP contribution in [0.4, 0.5) is 0 Å². The van der Waals surface area contributed by atoms with Gasteiger partial charge in [-0.05, 0) is 45.2 Å². The fraction of sp³-hybridized carbons (Fsp3) is 0.500. The normalized spacial score (nSPS) is 20.8. The minimum Gasteiger partial charge on any atom is -0.367 e. The second kappa shape index (κ2) is 7.40. The third-order valence-electron chi connectivity index (χ3n) is 4.27. The first-order valence-electron chi connectivity index (χ1n) is 8.32. The Hall–Kier alpha value is -1.79. The summed E-state index contributed by atoms with van der Waals surface area (Å²) in [5.41, 5.74) is 0.519. The SMILES string of the molecule is Cc1ccc(CC(=O)NCc2cnc([C@]3(C)CCCCO3)nc2)s1. The third-order valence-corrected chi connectivity index (χ3v) is 5.27. The molecule has 1 aliphatic heterocycles.